The van der Waals surface area contributed by atoms with Gasteiger partial charge in [0, 0.05) is 30.5 Å². The molecule has 0 bridgehead atoms. The Balaban J connectivity index is 1.44. The number of hydrogen-bond acceptors (Lipinski definition) is 4. The summed E-state index contributed by atoms with van der Waals surface area (Å²) in [7, 11) is 0. The lowest BCUT2D eigenvalue weighted by Crippen LogP contribution is -2.26. The molecule has 1 heterocycles. The number of rotatable bonds is 8. The quantitative estimate of drug-likeness (QED) is 0.513. The van der Waals surface area contributed by atoms with Crippen LogP contribution < -0.4 is 5.73 Å². The second-order valence-corrected chi connectivity index (χ2v) is 8.70. The third-order valence-corrected chi connectivity index (χ3v) is 6.38. The second kappa shape index (κ2) is 9.42. The Bertz CT molecular complexity index is 1180. The van der Waals surface area contributed by atoms with E-state index >= 15 is 0 Å². The lowest BCUT2D eigenvalue weighted by Gasteiger charge is -2.22. The maximum atomic E-state index is 9.15. The normalized spacial score (nSPS) is 12.9. The number of hydrogen-bond donors (Lipinski definition) is 1. The molecule has 0 fully saturated rings. The second-order valence-electron chi connectivity index (χ2n) is 8.70. The Morgan fingerprint density at radius 3 is 2.81 bits per heavy atom. The van der Waals surface area contributed by atoms with Crippen molar-refractivity contribution >= 4 is 11.3 Å². The molecule has 0 radical (unpaired) electrons. The number of nitrogens with two attached hydrogens (primary N) is 1. The van der Waals surface area contributed by atoms with E-state index in [-0.39, 0.29) is 0 Å². The molecule has 1 aliphatic rings. The molecular weight excluding hydrogens is 394 g/mol. The lowest BCUT2D eigenvalue weighted by atomic mass is 10.00. The van der Waals surface area contributed by atoms with Crippen molar-refractivity contribution in [2.24, 2.45) is 0 Å². The zero-order chi connectivity index (χ0) is 22.7. The summed E-state index contributed by atoms with van der Waals surface area (Å²) in [6, 6.07) is 12.4. The fourth-order valence-electron chi connectivity index (χ4n) is 4.56. The van der Waals surface area contributed by atoms with Crippen LogP contribution in [0, 0.1) is 18.3 Å². The highest BCUT2D eigenvalue weighted by molar-refractivity contribution is 5.77. The van der Waals surface area contributed by atoms with Gasteiger partial charge in [-0.1, -0.05) is 25.6 Å². The van der Waals surface area contributed by atoms with Crippen LogP contribution in [-0.2, 0) is 19.4 Å². The minimum Gasteiger partial charge on any atom is -0.398 e. The van der Waals surface area contributed by atoms with Gasteiger partial charge in [0.25, 0.3) is 0 Å². The molecule has 0 saturated heterocycles. The van der Waals surface area contributed by atoms with Crippen LogP contribution in [0.1, 0.15) is 53.1 Å². The molecule has 2 N–H and O–H groups in total. The molecule has 0 saturated carbocycles. The zero-order valence-corrected chi connectivity index (χ0v) is 19.1. The molecule has 0 unspecified atom stereocenters. The molecule has 3 aromatic rings. The topological polar surface area (TPSA) is 70.9 Å². The molecule has 1 aromatic heterocycles. The van der Waals surface area contributed by atoms with Crippen LogP contribution >= 0.6 is 0 Å². The van der Waals surface area contributed by atoms with E-state index in [0.717, 1.165) is 62.3 Å². The number of anilines is 1. The van der Waals surface area contributed by atoms with Crippen molar-refractivity contribution in [3.8, 4) is 11.8 Å². The molecular formula is C27H31N5. The standard InChI is InChI=1S/C27H31N5/c1-4-12-31(13-11-22-7-10-25-19(2)5-9-26(25)27(22)29)17-21-16-30-32(18-21)24-8-6-23(15-28)20(3)14-24/h6-8,10,14,16,18H,2,4-5,9,11-13,17,29H2,1,3H3. The van der Waals surface area contributed by atoms with Crippen molar-refractivity contribution in [3.63, 3.8) is 0 Å². The summed E-state index contributed by atoms with van der Waals surface area (Å²) in [6.07, 6.45) is 8.09. The van der Waals surface area contributed by atoms with Gasteiger partial charge >= 0.3 is 0 Å². The van der Waals surface area contributed by atoms with E-state index in [4.69, 9.17) is 11.0 Å². The van der Waals surface area contributed by atoms with Gasteiger partial charge in [-0.2, -0.15) is 10.4 Å². The maximum absolute atomic E-state index is 9.15. The van der Waals surface area contributed by atoms with E-state index < -0.39 is 0 Å². The number of allylic oxidation sites excluding steroid dienone is 1. The molecule has 1 aliphatic carbocycles. The first-order valence-electron chi connectivity index (χ1n) is 11.4. The summed E-state index contributed by atoms with van der Waals surface area (Å²) in [5, 5.41) is 13.7. The van der Waals surface area contributed by atoms with Gasteiger partial charge in [0.15, 0.2) is 0 Å². The molecule has 2 aromatic carbocycles. The number of nitrogens with zero attached hydrogens (tertiary/aromatic N) is 4. The van der Waals surface area contributed by atoms with E-state index in [1.165, 1.54) is 27.8 Å². The molecule has 5 heteroatoms. The van der Waals surface area contributed by atoms with Gasteiger partial charge in [-0.25, -0.2) is 4.68 Å². The monoisotopic (exact) mass is 425 g/mol. The van der Waals surface area contributed by atoms with Gasteiger partial charge in [0.1, 0.15) is 0 Å². The predicted molar refractivity (Wildman–Crippen MR) is 130 cm³/mol. The Hall–Kier alpha value is -3.36. The highest BCUT2D eigenvalue weighted by atomic mass is 15.3. The van der Waals surface area contributed by atoms with Crippen molar-refractivity contribution in [1.29, 1.82) is 5.26 Å². The molecule has 164 valence electrons. The number of benzene rings is 2. The van der Waals surface area contributed by atoms with Crippen molar-refractivity contribution in [3.05, 3.63) is 82.7 Å². The zero-order valence-electron chi connectivity index (χ0n) is 19.1. The van der Waals surface area contributed by atoms with Crippen LogP contribution in [0.4, 0.5) is 5.69 Å². The Morgan fingerprint density at radius 2 is 2.06 bits per heavy atom. The number of fused-ring (bicyclic) bond motifs is 1. The molecule has 0 amide bonds. The molecule has 0 spiro atoms. The minimum atomic E-state index is 0.699. The SMILES string of the molecule is C=C1CCc2c1ccc(CCN(CCC)Cc1cnn(-c3ccc(C#N)c(C)c3)c1)c2N. The predicted octanol–water partition coefficient (Wildman–Crippen LogP) is 5.05. The van der Waals surface area contributed by atoms with Crippen molar-refractivity contribution < 1.29 is 0 Å². The third-order valence-electron chi connectivity index (χ3n) is 6.38. The fraction of sp³-hybridized carbons (Fsp3) is 0.333. The van der Waals surface area contributed by atoms with Crippen LogP contribution in [0.2, 0.25) is 0 Å². The number of aryl methyl sites for hydroxylation is 1. The van der Waals surface area contributed by atoms with E-state index in [1.807, 2.05) is 36.0 Å². The van der Waals surface area contributed by atoms with Crippen molar-refractivity contribution in [1.82, 2.24) is 14.7 Å². The molecule has 32 heavy (non-hydrogen) atoms. The molecule has 5 nitrogen and oxygen atoms in total. The van der Waals surface area contributed by atoms with Gasteiger partial charge < -0.3 is 5.73 Å². The van der Waals surface area contributed by atoms with Gasteiger partial charge in [-0.05, 0) is 85.2 Å². The van der Waals surface area contributed by atoms with Crippen LogP contribution in [0.15, 0.2) is 49.3 Å². The summed E-state index contributed by atoms with van der Waals surface area (Å²) >= 11 is 0. The van der Waals surface area contributed by atoms with Gasteiger partial charge in [-0.3, -0.25) is 4.90 Å². The number of nitriles is 1. The molecule has 0 aliphatic heterocycles. The Morgan fingerprint density at radius 1 is 1.22 bits per heavy atom. The van der Waals surface area contributed by atoms with Crippen LogP contribution in [0.5, 0.6) is 0 Å². The highest BCUT2D eigenvalue weighted by Crippen LogP contribution is 2.36. The average molecular weight is 426 g/mol. The third kappa shape index (κ3) is 4.46. The Labute approximate surface area is 190 Å². The van der Waals surface area contributed by atoms with E-state index in [0.29, 0.717) is 5.56 Å². The smallest absolute Gasteiger partial charge is 0.0994 e. The first-order valence-corrected chi connectivity index (χ1v) is 11.4. The number of aromatic nitrogens is 2. The summed E-state index contributed by atoms with van der Waals surface area (Å²) in [4.78, 5) is 2.47. The summed E-state index contributed by atoms with van der Waals surface area (Å²) in [6.45, 7) is 11.2. The van der Waals surface area contributed by atoms with Crippen LogP contribution in [0.3, 0.4) is 0 Å². The number of nitrogen functional groups attached to an aromatic ring is 1. The summed E-state index contributed by atoms with van der Waals surface area (Å²) in [5.41, 5.74) is 16.3. The maximum Gasteiger partial charge on any atom is 0.0994 e. The van der Waals surface area contributed by atoms with Crippen molar-refractivity contribution in [2.45, 2.75) is 46.1 Å². The first kappa shape index (κ1) is 21.9. The van der Waals surface area contributed by atoms with Crippen LogP contribution in [0.25, 0.3) is 11.3 Å². The van der Waals surface area contributed by atoms with E-state index in [1.54, 1.807) is 0 Å². The average Bonchev–Trinajstić information content (AvgIpc) is 3.40. The van der Waals surface area contributed by atoms with Gasteiger partial charge in [-0.15, -0.1) is 0 Å². The van der Waals surface area contributed by atoms with Gasteiger partial charge in [0.05, 0.1) is 23.5 Å². The molecule has 4 rings (SSSR count). The largest absolute Gasteiger partial charge is 0.398 e. The summed E-state index contributed by atoms with van der Waals surface area (Å²) < 4.78 is 1.89. The van der Waals surface area contributed by atoms with E-state index in [9.17, 15) is 0 Å². The first-order chi connectivity index (χ1) is 15.5. The Kier molecular flexibility index (Phi) is 6.43. The molecule has 0 atom stereocenters. The lowest BCUT2D eigenvalue weighted by molar-refractivity contribution is 0.269. The minimum absolute atomic E-state index is 0.699. The van der Waals surface area contributed by atoms with E-state index in [2.05, 4.69) is 47.9 Å². The van der Waals surface area contributed by atoms with Gasteiger partial charge in [0.2, 0.25) is 0 Å². The fourth-order valence-corrected chi connectivity index (χ4v) is 4.56. The van der Waals surface area contributed by atoms with Crippen LogP contribution in [-0.4, -0.2) is 27.8 Å². The highest BCUT2D eigenvalue weighted by Gasteiger charge is 2.19. The summed E-state index contributed by atoms with van der Waals surface area (Å²) in [5.74, 6) is 0. The van der Waals surface area contributed by atoms with Crippen molar-refractivity contribution in [2.75, 3.05) is 18.8 Å².